The molecule has 1 heterocycles. The van der Waals surface area contributed by atoms with Gasteiger partial charge in [-0.25, -0.2) is 0 Å². The average molecular weight is 1290 g/mol. The molecule has 1 saturated heterocycles. The van der Waals surface area contributed by atoms with Crippen LogP contribution >= 0.6 is 0 Å². The zero-order valence-corrected chi connectivity index (χ0v) is 59.6. The first kappa shape index (κ1) is 87.1. The molecule has 0 radical (unpaired) electrons. The monoisotopic (exact) mass is 1290 g/mol. The van der Waals surface area contributed by atoms with E-state index in [9.17, 15) is 40.5 Å². The number of carbonyl (C=O) groups excluding carboxylic acids is 1. The molecule has 1 rings (SSSR count). The molecule has 9 atom stereocenters. The molecule has 1 aliphatic heterocycles. The van der Waals surface area contributed by atoms with E-state index < -0.39 is 74.2 Å². The Morgan fingerprint density at radius 2 is 0.692 bits per heavy atom. The lowest BCUT2D eigenvalue weighted by Crippen LogP contribution is -2.60. The normalized spacial score (nSPS) is 18.6. The van der Waals surface area contributed by atoms with E-state index in [1.54, 1.807) is 0 Å². The zero-order chi connectivity index (χ0) is 66.0. The van der Waals surface area contributed by atoms with Crippen molar-refractivity contribution in [1.82, 2.24) is 5.32 Å². The van der Waals surface area contributed by atoms with Gasteiger partial charge in [0.05, 0.1) is 25.4 Å². The van der Waals surface area contributed by atoms with Crippen LogP contribution in [0.2, 0.25) is 0 Å². The number of aliphatic hydroxyl groups is 7. The molecule has 0 spiro atoms. The number of ether oxygens (including phenoxy) is 2. The summed E-state index contributed by atoms with van der Waals surface area (Å²) in [6, 6.07) is -1.19. The number of carbonyl (C=O) groups is 1. The van der Waals surface area contributed by atoms with Crippen LogP contribution in [-0.2, 0) is 14.3 Å². The van der Waals surface area contributed by atoms with Gasteiger partial charge < -0.3 is 50.5 Å². The van der Waals surface area contributed by atoms with Crippen LogP contribution in [0.25, 0.3) is 0 Å². The highest BCUT2D eigenvalue weighted by Crippen LogP contribution is 2.24. The molecule has 91 heavy (non-hydrogen) atoms. The van der Waals surface area contributed by atoms with Gasteiger partial charge in [-0.05, 0) is 83.5 Å². The Morgan fingerprint density at radius 1 is 0.385 bits per heavy atom. The summed E-state index contributed by atoms with van der Waals surface area (Å²) in [5, 5.41) is 76.6. The Bertz CT molecular complexity index is 1620. The summed E-state index contributed by atoms with van der Waals surface area (Å²) >= 11 is 0. The predicted molar refractivity (Wildman–Crippen MR) is 385 cm³/mol. The summed E-state index contributed by atoms with van der Waals surface area (Å²) in [4.78, 5) is 13.3. The van der Waals surface area contributed by atoms with E-state index in [-0.39, 0.29) is 12.8 Å². The maximum Gasteiger partial charge on any atom is 0.249 e. The zero-order valence-electron chi connectivity index (χ0n) is 59.6. The highest BCUT2D eigenvalue weighted by molar-refractivity contribution is 5.80. The Balaban J connectivity index is 2.15. The van der Waals surface area contributed by atoms with Crippen LogP contribution < -0.4 is 5.32 Å². The van der Waals surface area contributed by atoms with Crippen LogP contribution in [0.5, 0.6) is 0 Å². The van der Waals surface area contributed by atoms with Crippen molar-refractivity contribution >= 4 is 5.91 Å². The summed E-state index contributed by atoms with van der Waals surface area (Å²) in [6.07, 6.45) is 79.5. The van der Waals surface area contributed by atoms with Crippen molar-refractivity contribution in [3.05, 3.63) is 48.6 Å². The molecule has 11 heteroatoms. The number of aliphatic hydroxyl groups excluding tert-OH is 7. The van der Waals surface area contributed by atoms with Crippen molar-refractivity contribution in [1.29, 1.82) is 0 Å². The molecule has 1 aliphatic rings. The number of hydrogen-bond acceptors (Lipinski definition) is 10. The molecule has 8 N–H and O–H groups in total. The first-order chi connectivity index (χ1) is 44.7. The topological polar surface area (TPSA) is 189 Å². The largest absolute Gasteiger partial charge is 0.394 e. The van der Waals surface area contributed by atoms with Crippen LogP contribution in [0.15, 0.2) is 48.6 Å². The molecule has 0 saturated carbocycles. The molecule has 536 valence electrons. The molecular formula is C80H151NO10. The second kappa shape index (κ2) is 68.0. The van der Waals surface area contributed by atoms with E-state index in [1.165, 1.54) is 295 Å². The van der Waals surface area contributed by atoms with Gasteiger partial charge in [0, 0.05) is 0 Å². The van der Waals surface area contributed by atoms with Gasteiger partial charge in [0.2, 0.25) is 5.91 Å². The van der Waals surface area contributed by atoms with Crippen LogP contribution in [-0.4, -0.2) is 110 Å². The van der Waals surface area contributed by atoms with Gasteiger partial charge in [-0.1, -0.05) is 351 Å². The minimum atomic E-state index is -1.67. The van der Waals surface area contributed by atoms with Crippen molar-refractivity contribution in [3.63, 3.8) is 0 Å². The fraction of sp³-hybridized carbons (Fsp3) is 0.887. The Labute approximate surface area is 561 Å². The van der Waals surface area contributed by atoms with E-state index in [0.29, 0.717) is 19.3 Å². The second-order valence-corrected chi connectivity index (χ2v) is 27.8. The Hall–Kier alpha value is -1.93. The van der Waals surface area contributed by atoms with Crippen molar-refractivity contribution in [3.8, 4) is 0 Å². The van der Waals surface area contributed by atoms with E-state index in [0.717, 1.165) is 44.9 Å². The van der Waals surface area contributed by atoms with Gasteiger partial charge >= 0.3 is 0 Å². The van der Waals surface area contributed by atoms with Gasteiger partial charge in [0.1, 0.15) is 36.6 Å². The quantitative estimate of drug-likeness (QED) is 0.0215. The molecule has 1 fully saturated rings. The fourth-order valence-corrected chi connectivity index (χ4v) is 12.8. The van der Waals surface area contributed by atoms with E-state index in [2.05, 4.69) is 67.8 Å². The van der Waals surface area contributed by atoms with E-state index in [4.69, 9.17) is 9.47 Å². The molecule has 0 bridgehead atoms. The summed E-state index contributed by atoms with van der Waals surface area (Å²) in [7, 11) is 0. The molecule has 0 aromatic carbocycles. The van der Waals surface area contributed by atoms with Crippen LogP contribution in [0.1, 0.15) is 386 Å². The molecule has 0 aromatic rings. The van der Waals surface area contributed by atoms with Gasteiger partial charge in [-0.15, -0.1) is 0 Å². The first-order valence-electron chi connectivity index (χ1n) is 39.5. The Morgan fingerprint density at radius 3 is 1.04 bits per heavy atom. The maximum atomic E-state index is 13.3. The third kappa shape index (κ3) is 54.8. The first-order valence-corrected chi connectivity index (χ1v) is 39.5. The van der Waals surface area contributed by atoms with Gasteiger partial charge in [0.25, 0.3) is 0 Å². The molecule has 9 unspecified atom stereocenters. The van der Waals surface area contributed by atoms with Gasteiger partial charge in [0.15, 0.2) is 6.29 Å². The molecule has 1 amide bonds. The third-order valence-corrected chi connectivity index (χ3v) is 19.1. The highest BCUT2D eigenvalue weighted by Gasteiger charge is 2.44. The SMILES string of the molecule is CCCCCCCCCCCCCCCCC/C=C\C/C=C\CCCCCCCCCCCCCCCCCCC(O)C(=O)NC(COC1OC(CO)C(O)C(O)C1O)C(O)C(O)CCC/C=C/CC/C=C/CCCCCCCCCCCCCCCCCCC. The number of nitrogens with one attached hydrogen (secondary N) is 1. The van der Waals surface area contributed by atoms with E-state index >= 15 is 0 Å². The summed E-state index contributed by atoms with van der Waals surface area (Å²) < 4.78 is 11.2. The van der Waals surface area contributed by atoms with Crippen LogP contribution in [0, 0.1) is 0 Å². The third-order valence-electron chi connectivity index (χ3n) is 19.1. The van der Waals surface area contributed by atoms with Gasteiger partial charge in [-0.2, -0.15) is 0 Å². The van der Waals surface area contributed by atoms with Crippen LogP contribution in [0.4, 0.5) is 0 Å². The number of amides is 1. The number of rotatable bonds is 70. The average Bonchev–Trinajstić information content (AvgIpc) is 1.21. The smallest absolute Gasteiger partial charge is 0.249 e. The second-order valence-electron chi connectivity index (χ2n) is 27.8. The fourth-order valence-electron chi connectivity index (χ4n) is 12.8. The molecule has 11 nitrogen and oxygen atoms in total. The minimum absolute atomic E-state index is 0.247. The van der Waals surface area contributed by atoms with Crippen molar-refractivity contribution in [2.75, 3.05) is 13.2 Å². The van der Waals surface area contributed by atoms with Crippen molar-refractivity contribution < 1.29 is 50.0 Å². The number of allylic oxidation sites excluding steroid dienone is 8. The van der Waals surface area contributed by atoms with Crippen molar-refractivity contribution in [2.45, 2.75) is 441 Å². The predicted octanol–water partition coefficient (Wildman–Crippen LogP) is 20.3. The number of hydrogen-bond donors (Lipinski definition) is 8. The van der Waals surface area contributed by atoms with Crippen molar-refractivity contribution in [2.24, 2.45) is 0 Å². The Kier molecular flexibility index (Phi) is 65.1. The molecule has 0 aromatic heterocycles. The summed E-state index contributed by atoms with van der Waals surface area (Å²) in [6.45, 7) is 3.50. The lowest BCUT2D eigenvalue weighted by atomic mass is 9.98. The maximum absolute atomic E-state index is 13.3. The molecular weight excluding hydrogens is 1130 g/mol. The molecule has 0 aliphatic carbocycles. The highest BCUT2D eigenvalue weighted by atomic mass is 16.7. The minimum Gasteiger partial charge on any atom is -0.394 e. The standard InChI is InChI=1S/C80H151NO10/c1-3-5-7-9-11-13-15-17-19-21-23-25-27-29-31-32-33-34-35-36-37-38-39-40-41-42-44-46-48-50-52-54-56-58-60-62-64-66-68-73(84)79(89)81-71(70-90-80-78(88)77(87)76(86)74(69-82)91-80)75(85)72(83)67-65-63-61-59-57-55-53-51-49-47-45-43-30-28-26-24-22-20-18-16-14-12-10-8-6-4-2/h33-34,36-37,51,53,59,61,71-78,80,82-88H,3-32,35,38-50,52,54-58,60,62-70H2,1-2H3,(H,81,89)/b34-33-,37-36-,53-51+,61-59+. The lowest BCUT2D eigenvalue weighted by molar-refractivity contribution is -0.303. The number of unbranched alkanes of at least 4 members (excludes halogenated alkanes) is 50. The summed E-state index contributed by atoms with van der Waals surface area (Å²) in [5.74, 6) is -0.705. The van der Waals surface area contributed by atoms with E-state index in [1.807, 2.05) is 0 Å². The van der Waals surface area contributed by atoms with Gasteiger partial charge in [-0.3, -0.25) is 4.79 Å². The lowest BCUT2D eigenvalue weighted by Gasteiger charge is -2.40. The van der Waals surface area contributed by atoms with Crippen LogP contribution in [0.3, 0.4) is 0 Å². The summed E-state index contributed by atoms with van der Waals surface area (Å²) in [5.41, 5.74) is 0.